The van der Waals surface area contributed by atoms with Gasteiger partial charge in [-0.25, -0.2) is 0 Å². The molecule has 2 aromatic rings. The van der Waals surface area contributed by atoms with Crippen LogP contribution >= 0.6 is 0 Å². The lowest BCUT2D eigenvalue weighted by molar-refractivity contribution is 0.00206. The summed E-state index contributed by atoms with van der Waals surface area (Å²) < 4.78 is 22.3. The Labute approximate surface area is 184 Å². The molecule has 166 valence electrons. The van der Waals surface area contributed by atoms with Crippen LogP contribution in [0.5, 0.6) is 0 Å². The molecule has 0 saturated carbocycles. The van der Waals surface area contributed by atoms with E-state index in [4.69, 9.17) is 18.9 Å². The number of carbonyl (C=O) groups excluding carboxylic acids is 1. The summed E-state index contributed by atoms with van der Waals surface area (Å²) in [7, 11) is 0. The van der Waals surface area contributed by atoms with E-state index < -0.39 is 0 Å². The summed E-state index contributed by atoms with van der Waals surface area (Å²) in [6.07, 6.45) is 3.46. The SMILES string of the molecule is O=C(/C=C/c1ccc(N2CCOCCOCCOCCOCC2)cc1)c1ccccc1. The van der Waals surface area contributed by atoms with Crippen molar-refractivity contribution >= 4 is 17.5 Å². The third-order valence-electron chi connectivity index (χ3n) is 4.87. The van der Waals surface area contributed by atoms with E-state index in [0.717, 1.165) is 24.3 Å². The molecule has 1 fully saturated rings. The number of ketones is 1. The first-order valence-corrected chi connectivity index (χ1v) is 10.8. The van der Waals surface area contributed by atoms with Crippen molar-refractivity contribution in [1.82, 2.24) is 0 Å². The van der Waals surface area contributed by atoms with Crippen molar-refractivity contribution < 1.29 is 23.7 Å². The Kier molecular flexibility index (Phi) is 10.3. The highest BCUT2D eigenvalue weighted by molar-refractivity contribution is 6.06. The van der Waals surface area contributed by atoms with Gasteiger partial charge in [-0.15, -0.1) is 0 Å². The van der Waals surface area contributed by atoms with Crippen molar-refractivity contribution in [1.29, 1.82) is 0 Å². The minimum absolute atomic E-state index is 0.00230. The van der Waals surface area contributed by atoms with Crippen LogP contribution in [0.2, 0.25) is 0 Å². The molecule has 2 aromatic carbocycles. The molecule has 1 aliphatic heterocycles. The predicted octanol–water partition coefficient (Wildman–Crippen LogP) is 3.47. The number of carbonyl (C=O) groups is 1. The molecule has 0 spiro atoms. The monoisotopic (exact) mass is 425 g/mol. The molecule has 6 nitrogen and oxygen atoms in total. The van der Waals surface area contributed by atoms with Crippen LogP contribution in [-0.2, 0) is 18.9 Å². The topological polar surface area (TPSA) is 57.2 Å². The fourth-order valence-electron chi connectivity index (χ4n) is 3.15. The Hall–Kier alpha value is -2.51. The van der Waals surface area contributed by atoms with E-state index in [-0.39, 0.29) is 5.78 Å². The van der Waals surface area contributed by atoms with Crippen LogP contribution in [-0.4, -0.2) is 71.7 Å². The number of ether oxygens (including phenoxy) is 4. The number of anilines is 1. The summed E-state index contributed by atoms with van der Waals surface area (Å²) in [5.41, 5.74) is 2.76. The zero-order chi connectivity index (χ0) is 21.6. The van der Waals surface area contributed by atoms with E-state index >= 15 is 0 Å². The zero-order valence-electron chi connectivity index (χ0n) is 17.9. The molecule has 1 aliphatic rings. The highest BCUT2D eigenvalue weighted by Crippen LogP contribution is 2.16. The van der Waals surface area contributed by atoms with Gasteiger partial charge in [0.15, 0.2) is 5.78 Å². The lowest BCUT2D eigenvalue weighted by Crippen LogP contribution is -2.31. The summed E-state index contributed by atoms with van der Waals surface area (Å²) in [5, 5.41) is 0. The molecule has 0 bridgehead atoms. The summed E-state index contributed by atoms with van der Waals surface area (Å²) in [4.78, 5) is 14.5. The predicted molar refractivity (Wildman–Crippen MR) is 122 cm³/mol. The van der Waals surface area contributed by atoms with Gasteiger partial charge in [-0.05, 0) is 23.8 Å². The highest BCUT2D eigenvalue weighted by atomic mass is 16.6. The molecule has 0 amide bonds. The van der Waals surface area contributed by atoms with E-state index in [0.29, 0.717) is 58.4 Å². The fourth-order valence-corrected chi connectivity index (χ4v) is 3.15. The summed E-state index contributed by atoms with van der Waals surface area (Å²) in [6, 6.07) is 17.4. The van der Waals surface area contributed by atoms with Gasteiger partial charge in [0.25, 0.3) is 0 Å². The van der Waals surface area contributed by atoms with E-state index in [1.54, 1.807) is 6.08 Å². The Morgan fingerprint density at radius 1 is 0.677 bits per heavy atom. The first-order valence-electron chi connectivity index (χ1n) is 10.8. The third kappa shape index (κ3) is 8.63. The maximum atomic E-state index is 12.2. The van der Waals surface area contributed by atoms with Crippen molar-refractivity contribution in [2.24, 2.45) is 0 Å². The molecule has 0 aromatic heterocycles. The summed E-state index contributed by atoms with van der Waals surface area (Å²) in [6.45, 7) is 6.21. The second-order valence-electron chi connectivity index (χ2n) is 7.09. The molecular formula is C25H31NO5. The van der Waals surface area contributed by atoms with Crippen LogP contribution < -0.4 is 4.90 Å². The average Bonchev–Trinajstić information content (AvgIpc) is 2.83. The van der Waals surface area contributed by atoms with Crippen LogP contribution in [0.4, 0.5) is 5.69 Å². The van der Waals surface area contributed by atoms with Crippen molar-refractivity contribution in [3.63, 3.8) is 0 Å². The Bertz CT molecular complexity index is 775. The molecule has 1 saturated heterocycles. The minimum Gasteiger partial charge on any atom is -0.377 e. The molecule has 0 radical (unpaired) electrons. The maximum absolute atomic E-state index is 12.2. The molecule has 1 heterocycles. The number of hydrogen-bond donors (Lipinski definition) is 0. The van der Waals surface area contributed by atoms with Crippen molar-refractivity contribution in [2.75, 3.05) is 70.8 Å². The second-order valence-corrected chi connectivity index (χ2v) is 7.09. The van der Waals surface area contributed by atoms with Crippen LogP contribution in [0.25, 0.3) is 6.08 Å². The Morgan fingerprint density at radius 3 is 1.74 bits per heavy atom. The number of hydrogen-bond acceptors (Lipinski definition) is 6. The normalized spacial score (nSPS) is 17.7. The van der Waals surface area contributed by atoms with Crippen LogP contribution in [0, 0.1) is 0 Å². The van der Waals surface area contributed by atoms with Crippen molar-refractivity contribution in [3.05, 3.63) is 71.8 Å². The molecule has 31 heavy (non-hydrogen) atoms. The van der Waals surface area contributed by atoms with Crippen LogP contribution in [0.15, 0.2) is 60.7 Å². The molecular weight excluding hydrogens is 394 g/mol. The largest absolute Gasteiger partial charge is 0.377 e. The second kappa shape index (κ2) is 13.7. The lowest BCUT2D eigenvalue weighted by Gasteiger charge is -2.25. The van der Waals surface area contributed by atoms with Gasteiger partial charge < -0.3 is 23.8 Å². The first-order chi connectivity index (χ1) is 15.3. The third-order valence-corrected chi connectivity index (χ3v) is 4.87. The number of allylic oxidation sites excluding steroid dienone is 1. The van der Waals surface area contributed by atoms with E-state index in [9.17, 15) is 4.79 Å². The fraction of sp³-hybridized carbons (Fsp3) is 0.400. The van der Waals surface area contributed by atoms with Crippen molar-refractivity contribution in [2.45, 2.75) is 0 Å². The van der Waals surface area contributed by atoms with Gasteiger partial charge in [-0.3, -0.25) is 4.79 Å². The Balaban J connectivity index is 1.56. The number of nitrogens with zero attached hydrogens (tertiary/aromatic N) is 1. The standard InChI is InChI=1S/C25H31NO5/c27-25(23-4-2-1-3-5-23)11-8-22-6-9-24(10-7-22)26-12-14-28-16-18-30-20-21-31-19-17-29-15-13-26/h1-11H,12-21H2/b11-8+. The van der Waals surface area contributed by atoms with Gasteiger partial charge in [0, 0.05) is 24.3 Å². The highest BCUT2D eigenvalue weighted by Gasteiger charge is 2.07. The lowest BCUT2D eigenvalue weighted by atomic mass is 10.1. The van der Waals surface area contributed by atoms with Gasteiger partial charge in [-0.2, -0.15) is 0 Å². The first kappa shape index (κ1) is 23.2. The Morgan fingerprint density at radius 2 is 1.19 bits per heavy atom. The van der Waals surface area contributed by atoms with Gasteiger partial charge >= 0.3 is 0 Å². The number of benzene rings is 2. The summed E-state index contributed by atoms with van der Waals surface area (Å²) in [5.74, 6) is -0.00230. The van der Waals surface area contributed by atoms with Gasteiger partial charge in [-0.1, -0.05) is 48.5 Å². The van der Waals surface area contributed by atoms with E-state index in [1.807, 2.05) is 48.5 Å². The summed E-state index contributed by atoms with van der Waals surface area (Å²) >= 11 is 0. The zero-order valence-corrected chi connectivity index (χ0v) is 17.9. The van der Waals surface area contributed by atoms with Crippen LogP contribution in [0.3, 0.4) is 0 Å². The van der Waals surface area contributed by atoms with Crippen molar-refractivity contribution in [3.8, 4) is 0 Å². The molecule has 0 atom stereocenters. The smallest absolute Gasteiger partial charge is 0.185 e. The minimum atomic E-state index is -0.00230. The van der Waals surface area contributed by atoms with Gasteiger partial charge in [0.05, 0.1) is 52.9 Å². The molecule has 6 heteroatoms. The molecule has 0 N–H and O–H groups in total. The number of rotatable bonds is 4. The van der Waals surface area contributed by atoms with Crippen LogP contribution in [0.1, 0.15) is 15.9 Å². The van der Waals surface area contributed by atoms with E-state index in [1.165, 1.54) is 0 Å². The molecule has 0 aliphatic carbocycles. The quantitative estimate of drug-likeness (QED) is 0.552. The molecule has 0 unspecified atom stereocenters. The molecule has 3 rings (SSSR count). The van der Waals surface area contributed by atoms with Gasteiger partial charge in [0.2, 0.25) is 0 Å². The van der Waals surface area contributed by atoms with Gasteiger partial charge in [0.1, 0.15) is 0 Å². The van der Waals surface area contributed by atoms with E-state index in [2.05, 4.69) is 17.0 Å². The average molecular weight is 426 g/mol. The maximum Gasteiger partial charge on any atom is 0.185 e.